The fourth-order valence-electron chi connectivity index (χ4n) is 5.74. The molecule has 0 aromatic heterocycles. The van der Waals surface area contributed by atoms with Crippen molar-refractivity contribution in [2.24, 2.45) is 11.8 Å². The smallest absolute Gasteiger partial charge is 0.417 e. The standard InChI is InChI=1S/C25H20ClF3N2O4/c1-23-8-9-24(35-23,10-11-34-17-6-3-15(26)4-7-17)20-19(23)21(32)31(22(20)33)16-5-2-14(13-30)18(12-16)25(27,28)29/h2-7,12,19-20H,8-11H2,1H3. The van der Waals surface area contributed by atoms with Crippen LogP contribution in [0.2, 0.25) is 5.02 Å². The SMILES string of the molecule is CC12CCC(CCOc3ccc(Cl)cc3)(O1)C1C(=O)N(c3ccc(C#N)c(C(F)(F)F)c3)C(=O)C12. The molecule has 2 bridgehead atoms. The molecule has 3 saturated heterocycles. The molecule has 3 fully saturated rings. The van der Waals surface area contributed by atoms with Crippen LogP contribution in [0.25, 0.3) is 0 Å². The average Bonchev–Trinajstić information content (AvgIpc) is 3.38. The Hall–Kier alpha value is -3.09. The Bertz CT molecular complexity index is 1260. The van der Waals surface area contributed by atoms with Crippen LogP contribution in [-0.4, -0.2) is 29.6 Å². The molecule has 182 valence electrons. The van der Waals surface area contributed by atoms with Crippen molar-refractivity contribution in [2.45, 2.75) is 43.6 Å². The first kappa shape index (κ1) is 23.6. The van der Waals surface area contributed by atoms with E-state index in [1.165, 1.54) is 12.1 Å². The minimum absolute atomic E-state index is 0.198. The Morgan fingerprint density at radius 1 is 1.14 bits per heavy atom. The van der Waals surface area contributed by atoms with E-state index in [1.807, 2.05) is 0 Å². The number of halogens is 4. The summed E-state index contributed by atoms with van der Waals surface area (Å²) < 4.78 is 52.6. The second kappa shape index (κ2) is 7.97. The normalized spacial score (nSPS) is 29.4. The van der Waals surface area contributed by atoms with Gasteiger partial charge in [0.15, 0.2) is 0 Å². The van der Waals surface area contributed by atoms with Gasteiger partial charge in [0, 0.05) is 11.4 Å². The van der Waals surface area contributed by atoms with E-state index in [9.17, 15) is 22.8 Å². The van der Waals surface area contributed by atoms with Crippen molar-refractivity contribution in [3.05, 3.63) is 58.6 Å². The van der Waals surface area contributed by atoms with Crippen molar-refractivity contribution in [3.8, 4) is 11.8 Å². The van der Waals surface area contributed by atoms with Crippen molar-refractivity contribution < 1.29 is 32.2 Å². The first-order valence-electron chi connectivity index (χ1n) is 11.1. The van der Waals surface area contributed by atoms with Gasteiger partial charge in [0.25, 0.3) is 0 Å². The number of nitriles is 1. The van der Waals surface area contributed by atoms with E-state index >= 15 is 0 Å². The summed E-state index contributed by atoms with van der Waals surface area (Å²) in [6, 6.07) is 11.2. The molecule has 2 aromatic carbocycles. The van der Waals surface area contributed by atoms with Crippen LogP contribution in [0.1, 0.15) is 37.3 Å². The molecule has 10 heteroatoms. The maximum absolute atomic E-state index is 13.5. The molecule has 3 aliphatic heterocycles. The van der Waals surface area contributed by atoms with Crippen LogP contribution >= 0.6 is 11.6 Å². The van der Waals surface area contributed by atoms with Crippen LogP contribution in [0.5, 0.6) is 5.75 Å². The first-order chi connectivity index (χ1) is 16.5. The molecule has 4 unspecified atom stereocenters. The lowest BCUT2D eigenvalue weighted by Crippen LogP contribution is -2.43. The van der Waals surface area contributed by atoms with E-state index in [2.05, 4.69) is 0 Å². The Kier molecular flexibility index (Phi) is 5.38. The molecule has 0 saturated carbocycles. The van der Waals surface area contributed by atoms with Crippen molar-refractivity contribution >= 4 is 29.1 Å². The number of alkyl halides is 3. The van der Waals surface area contributed by atoms with Gasteiger partial charge in [-0.05, 0) is 62.2 Å². The van der Waals surface area contributed by atoms with Crippen LogP contribution < -0.4 is 9.64 Å². The van der Waals surface area contributed by atoms with Crippen LogP contribution in [-0.2, 0) is 20.5 Å². The maximum atomic E-state index is 13.5. The van der Waals surface area contributed by atoms with Gasteiger partial charge in [0.2, 0.25) is 11.8 Å². The molecular weight excluding hydrogens is 485 g/mol. The Balaban J connectivity index is 1.43. The lowest BCUT2D eigenvalue weighted by Gasteiger charge is -2.31. The second-order valence-corrected chi connectivity index (χ2v) is 9.77. The van der Waals surface area contributed by atoms with Crippen LogP contribution in [0.3, 0.4) is 0 Å². The number of fused-ring (bicyclic) bond motifs is 5. The molecule has 0 spiro atoms. The number of amides is 2. The van der Waals surface area contributed by atoms with Crippen LogP contribution in [0.15, 0.2) is 42.5 Å². The molecule has 0 radical (unpaired) electrons. The van der Waals surface area contributed by atoms with E-state index in [1.54, 1.807) is 31.2 Å². The van der Waals surface area contributed by atoms with Crippen LogP contribution in [0, 0.1) is 23.2 Å². The molecule has 3 aliphatic rings. The van der Waals surface area contributed by atoms with Gasteiger partial charge >= 0.3 is 6.18 Å². The average molecular weight is 505 g/mol. The molecule has 0 aliphatic carbocycles. The molecule has 4 atom stereocenters. The second-order valence-electron chi connectivity index (χ2n) is 9.34. The third-order valence-electron chi connectivity index (χ3n) is 7.31. The van der Waals surface area contributed by atoms with E-state index in [-0.39, 0.29) is 12.3 Å². The number of carbonyl (C=O) groups is 2. The number of carbonyl (C=O) groups excluding carboxylic acids is 2. The van der Waals surface area contributed by atoms with Crippen molar-refractivity contribution in [1.29, 1.82) is 5.26 Å². The minimum atomic E-state index is -4.81. The number of anilines is 1. The van der Waals surface area contributed by atoms with Gasteiger partial charge in [-0.3, -0.25) is 9.59 Å². The Morgan fingerprint density at radius 2 is 1.83 bits per heavy atom. The zero-order valence-electron chi connectivity index (χ0n) is 18.6. The topological polar surface area (TPSA) is 79.6 Å². The Morgan fingerprint density at radius 3 is 2.49 bits per heavy atom. The molecule has 5 rings (SSSR count). The summed E-state index contributed by atoms with van der Waals surface area (Å²) in [6.07, 6.45) is -3.40. The molecule has 2 amide bonds. The largest absolute Gasteiger partial charge is 0.493 e. The van der Waals surface area contributed by atoms with Crippen molar-refractivity contribution in [1.82, 2.24) is 0 Å². The fourth-order valence-corrected chi connectivity index (χ4v) is 5.87. The summed E-state index contributed by atoms with van der Waals surface area (Å²) in [6.45, 7) is 1.99. The molecule has 2 aromatic rings. The number of benzene rings is 2. The van der Waals surface area contributed by atoms with E-state index in [0.717, 1.165) is 11.0 Å². The van der Waals surface area contributed by atoms with E-state index < -0.39 is 52.2 Å². The molecule has 3 heterocycles. The molecular formula is C25H20ClF3N2O4. The summed E-state index contributed by atoms with van der Waals surface area (Å²) in [4.78, 5) is 27.8. The number of rotatable bonds is 5. The summed E-state index contributed by atoms with van der Waals surface area (Å²) >= 11 is 5.89. The van der Waals surface area contributed by atoms with E-state index in [4.69, 9.17) is 26.3 Å². The number of nitrogens with zero attached hydrogens (tertiary/aromatic N) is 2. The lowest BCUT2D eigenvalue weighted by atomic mass is 9.67. The zero-order valence-corrected chi connectivity index (χ0v) is 19.3. The van der Waals surface area contributed by atoms with Crippen LogP contribution in [0.4, 0.5) is 18.9 Å². The van der Waals surface area contributed by atoms with Gasteiger partial charge in [-0.2, -0.15) is 18.4 Å². The van der Waals surface area contributed by atoms with Crippen molar-refractivity contribution in [3.63, 3.8) is 0 Å². The Labute approximate surface area is 204 Å². The number of hydrogen-bond donors (Lipinski definition) is 0. The van der Waals surface area contributed by atoms with E-state index in [0.29, 0.717) is 36.1 Å². The highest BCUT2D eigenvalue weighted by atomic mass is 35.5. The van der Waals surface area contributed by atoms with Gasteiger partial charge < -0.3 is 9.47 Å². The fraction of sp³-hybridized carbons (Fsp3) is 0.400. The molecule has 6 nitrogen and oxygen atoms in total. The summed E-state index contributed by atoms with van der Waals surface area (Å²) in [5.41, 5.74) is -3.81. The number of hydrogen-bond acceptors (Lipinski definition) is 5. The molecule has 35 heavy (non-hydrogen) atoms. The quantitative estimate of drug-likeness (QED) is 0.528. The first-order valence-corrected chi connectivity index (χ1v) is 11.4. The summed E-state index contributed by atoms with van der Waals surface area (Å²) in [5, 5.41) is 9.63. The monoisotopic (exact) mass is 504 g/mol. The van der Waals surface area contributed by atoms with Gasteiger partial charge in [0.05, 0.1) is 52.5 Å². The minimum Gasteiger partial charge on any atom is -0.493 e. The van der Waals surface area contributed by atoms with Gasteiger partial charge in [0.1, 0.15) is 5.75 Å². The maximum Gasteiger partial charge on any atom is 0.417 e. The highest BCUT2D eigenvalue weighted by molar-refractivity contribution is 6.30. The number of imide groups is 1. The predicted molar refractivity (Wildman–Crippen MR) is 119 cm³/mol. The molecule has 0 N–H and O–H groups in total. The summed E-state index contributed by atoms with van der Waals surface area (Å²) in [5.74, 6) is -2.21. The summed E-state index contributed by atoms with van der Waals surface area (Å²) in [7, 11) is 0. The lowest BCUT2D eigenvalue weighted by molar-refractivity contribution is -0.138. The van der Waals surface area contributed by atoms with Gasteiger partial charge in [-0.25, -0.2) is 4.90 Å². The predicted octanol–water partition coefficient (Wildman–Crippen LogP) is 5.13. The number of ether oxygens (including phenoxy) is 2. The highest BCUT2D eigenvalue weighted by Gasteiger charge is 2.73. The van der Waals surface area contributed by atoms with Crippen molar-refractivity contribution in [2.75, 3.05) is 11.5 Å². The third-order valence-corrected chi connectivity index (χ3v) is 7.56. The zero-order chi connectivity index (χ0) is 25.2. The van der Waals surface area contributed by atoms with Gasteiger partial charge in [-0.15, -0.1) is 0 Å². The van der Waals surface area contributed by atoms with Gasteiger partial charge in [-0.1, -0.05) is 11.6 Å². The highest BCUT2D eigenvalue weighted by Crippen LogP contribution is 2.62. The third kappa shape index (κ3) is 3.67.